The largest absolute Gasteiger partial charge is 0.342 e. The maximum atomic E-state index is 12.4. The Morgan fingerprint density at radius 3 is 2.58 bits per heavy atom. The summed E-state index contributed by atoms with van der Waals surface area (Å²) >= 11 is 0. The van der Waals surface area contributed by atoms with Crippen LogP contribution in [0.25, 0.3) is 0 Å². The second-order valence-electron chi connectivity index (χ2n) is 5.81. The van der Waals surface area contributed by atoms with Crippen LogP contribution in [0.5, 0.6) is 0 Å². The van der Waals surface area contributed by atoms with Gasteiger partial charge in [0.2, 0.25) is 0 Å². The van der Waals surface area contributed by atoms with Crippen LogP contribution >= 0.6 is 0 Å². The third-order valence-corrected chi connectivity index (χ3v) is 3.83. The van der Waals surface area contributed by atoms with Crippen LogP contribution in [-0.2, 0) is 0 Å². The highest BCUT2D eigenvalue weighted by Crippen LogP contribution is 2.15. The first-order chi connectivity index (χ1) is 11.5. The molecule has 5 nitrogen and oxygen atoms in total. The molecular formula is C19H23N3O2. The van der Waals surface area contributed by atoms with Crippen molar-refractivity contribution in [1.29, 1.82) is 0 Å². The third-order valence-electron chi connectivity index (χ3n) is 3.83. The first-order valence-electron chi connectivity index (χ1n) is 8.10. The number of pyridine rings is 1. The summed E-state index contributed by atoms with van der Waals surface area (Å²) in [4.78, 5) is 30.5. The van der Waals surface area contributed by atoms with E-state index in [0.717, 1.165) is 24.1 Å². The van der Waals surface area contributed by atoms with Crippen LogP contribution in [0.2, 0.25) is 0 Å². The first kappa shape index (κ1) is 17.7. The standard InChI is InChI=1S/C19H23N3O2/c1-4-5-10-22(3)19(24)16-11-15(12-20-13-16)18(23)21-17-9-7-6-8-14(17)2/h6-9,11-13H,4-5,10H2,1-3H3,(H,21,23). The predicted octanol–water partition coefficient (Wildman–Crippen LogP) is 3.51. The number of nitrogens with one attached hydrogen (secondary N) is 1. The Balaban J connectivity index is 2.13. The molecule has 126 valence electrons. The third kappa shape index (κ3) is 4.41. The zero-order chi connectivity index (χ0) is 17.5. The number of rotatable bonds is 6. The zero-order valence-electron chi connectivity index (χ0n) is 14.4. The van der Waals surface area contributed by atoms with Crippen molar-refractivity contribution in [2.24, 2.45) is 0 Å². The summed E-state index contributed by atoms with van der Waals surface area (Å²) in [6, 6.07) is 9.14. The Labute approximate surface area is 142 Å². The molecule has 0 fully saturated rings. The van der Waals surface area contributed by atoms with Gasteiger partial charge in [-0.15, -0.1) is 0 Å². The van der Waals surface area contributed by atoms with E-state index >= 15 is 0 Å². The Bertz CT molecular complexity index is 728. The molecule has 0 saturated heterocycles. The number of unbranched alkanes of at least 4 members (excludes halogenated alkanes) is 1. The fraction of sp³-hybridized carbons (Fsp3) is 0.316. The molecule has 1 aromatic carbocycles. The lowest BCUT2D eigenvalue weighted by atomic mass is 10.1. The van der Waals surface area contributed by atoms with Crippen molar-refractivity contribution in [2.75, 3.05) is 18.9 Å². The highest BCUT2D eigenvalue weighted by Gasteiger charge is 2.15. The van der Waals surface area contributed by atoms with Crippen LogP contribution in [-0.4, -0.2) is 35.3 Å². The minimum absolute atomic E-state index is 0.124. The predicted molar refractivity (Wildman–Crippen MR) is 95.2 cm³/mol. The molecule has 2 rings (SSSR count). The van der Waals surface area contributed by atoms with E-state index in [1.165, 1.54) is 12.4 Å². The number of aryl methyl sites for hydroxylation is 1. The Hall–Kier alpha value is -2.69. The summed E-state index contributed by atoms with van der Waals surface area (Å²) in [7, 11) is 1.76. The van der Waals surface area contributed by atoms with E-state index in [1.807, 2.05) is 31.2 Å². The van der Waals surface area contributed by atoms with Crippen molar-refractivity contribution in [3.63, 3.8) is 0 Å². The van der Waals surface area contributed by atoms with Gasteiger partial charge >= 0.3 is 0 Å². The molecule has 24 heavy (non-hydrogen) atoms. The molecule has 0 saturated carbocycles. The van der Waals surface area contributed by atoms with Gasteiger partial charge in [-0.25, -0.2) is 0 Å². The quantitative estimate of drug-likeness (QED) is 0.884. The van der Waals surface area contributed by atoms with Crippen LogP contribution in [0.1, 0.15) is 46.0 Å². The van der Waals surface area contributed by atoms with Gasteiger partial charge < -0.3 is 10.2 Å². The summed E-state index contributed by atoms with van der Waals surface area (Å²) in [5.41, 5.74) is 2.52. The monoisotopic (exact) mass is 325 g/mol. The summed E-state index contributed by atoms with van der Waals surface area (Å²) in [5, 5.41) is 2.85. The molecular weight excluding hydrogens is 302 g/mol. The molecule has 5 heteroatoms. The van der Waals surface area contributed by atoms with Gasteiger partial charge in [0, 0.05) is 31.7 Å². The number of anilines is 1. The molecule has 0 atom stereocenters. The lowest BCUT2D eigenvalue weighted by Gasteiger charge is -2.16. The number of carbonyl (C=O) groups is 2. The van der Waals surface area contributed by atoms with Gasteiger partial charge in [-0.05, 0) is 31.0 Å². The van der Waals surface area contributed by atoms with E-state index in [2.05, 4.69) is 17.2 Å². The van der Waals surface area contributed by atoms with Crippen LogP contribution in [0.15, 0.2) is 42.7 Å². The lowest BCUT2D eigenvalue weighted by molar-refractivity contribution is 0.0793. The van der Waals surface area contributed by atoms with Gasteiger partial charge in [0.15, 0.2) is 0 Å². The Morgan fingerprint density at radius 2 is 1.88 bits per heavy atom. The van der Waals surface area contributed by atoms with Crippen molar-refractivity contribution < 1.29 is 9.59 Å². The Kier molecular flexibility index (Phi) is 6.07. The second kappa shape index (κ2) is 8.24. The number of aromatic nitrogens is 1. The van der Waals surface area contributed by atoms with Crippen LogP contribution in [0.4, 0.5) is 5.69 Å². The smallest absolute Gasteiger partial charge is 0.257 e. The maximum Gasteiger partial charge on any atom is 0.257 e. The van der Waals surface area contributed by atoms with E-state index in [4.69, 9.17) is 0 Å². The summed E-state index contributed by atoms with van der Waals surface area (Å²) in [6.45, 7) is 4.70. The number of amides is 2. The van der Waals surface area contributed by atoms with Crippen molar-refractivity contribution in [3.05, 3.63) is 59.4 Å². The Morgan fingerprint density at radius 1 is 1.17 bits per heavy atom. The maximum absolute atomic E-state index is 12.4. The van der Waals surface area contributed by atoms with E-state index in [9.17, 15) is 9.59 Å². The van der Waals surface area contributed by atoms with E-state index in [-0.39, 0.29) is 11.8 Å². The minimum Gasteiger partial charge on any atom is -0.342 e. The number of benzene rings is 1. The molecule has 0 spiro atoms. The summed E-state index contributed by atoms with van der Waals surface area (Å²) < 4.78 is 0. The average Bonchev–Trinajstić information content (AvgIpc) is 2.61. The number of carbonyl (C=O) groups excluding carboxylic acids is 2. The molecule has 1 aromatic heterocycles. The summed E-state index contributed by atoms with van der Waals surface area (Å²) in [5.74, 6) is -0.399. The molecule has 0 bridgehead atoms. The lowest BCUT2D eigenvalue weighted by Crippen LogP contribution is -2.28. The fourth-order valence-corrected chi connectivity index (χ4v) is 2.31. The average molecular weight is 325 g/mol. The van der Waals surface area contributed by atoms with Gasteiger partial charge in [0.25, 0.3) is 11.8 Å². The molecule has 0 radical (unpaired) electrons. The van der Waals surface area contributed by atoms with Crippen molar-refractivity contribution in [3.8, 4) is 0 Å². The molecule has 0 aliphatic carbocycles. The topological polar surface area (TPSA) is 62.3 Å². The van der Waals surface area contributed by atoms with Gasteiger partial charge in [-0.2, -0.15) is 0 Å². The molecule has 2 aromatic rings. The van der Waals surface area contributed by atoms with Gasteiger partial charge in [-0.3, -0.25) is 14.6 Å². The number of nitrogens with zero attached hydrogens (tertiary/aromatic N) is 2. The summed E-state index contributed by atoms with van der Waals surface area (Å²) in [6.07, 6.45) is 4.93. The molecule has 1 N–H and O–H groups in total. The highest BCUT2D eigenvalue weighted by atomic mass is 16.2. The van der Waals surface area contributed by atoms with E-state index < -0.39 is 0 Å². The number of hydrogen-bond acceptors (Lipinski definition) is 3. The van der Waals surface area contributed by atoms with Gasteiger partial charge in [0.1, 0.15) is 0 Å². The SMILES string of the molecule is CCCCN(C)C(=O)c1cncc(C(=O)Nc2ccccc2C)c1. The fourth-order valence-electron chi connectivity index (χ4n) is 2.31. The molecule has 0 unspecified atom stereocenters. The second-order valence-corrected chi connectivity index (χ2v) is 5.81. The van der Waals surface area contributed by atoms with Gasteiger partial charge in [-0.1, -0.05) is 31.5 Å². The zero-order valence-corrected chi connectivity index (χ0v) is 14.4. The van der Waals surface area contributed by atoms with Crippen molar-refractivity contribution in [1.82, 2.24) is 9.88 Å². The molecule has 1 heterocycles. The van der Waals surface area contributed by atoms with Crippen LogP contribution in [0.3, 0.4) is 0 Å². The van der Waals surface area contributed by atoms with Gasteiger partial charge in [0.05, 0.1) is 11.1 Å². The first-order valence-corrected chi connectivity index (χ1v) is 8.10. The van der Waals surface area contributed by atoms with E-state index in [0.29, 0.717) is 17.7 Å². The minimum atomic E-state index is -0.275. The number of para-hydroxylation sites is 1. The van der Waals surface area contributed by atoms with Crippen molar-refractivity contribution in [2.45, 2.75) is 26.7 Å². The normalized spacial score (nSPS) is 10.3. The van der Waals surface area contributed by atoms with E-state index in [1.54, 1.807) is 18.0 Å². The van der Waals surface area contributed by atoms with Crippen LogP contribution in [0, 0.1) is 6.92 Å². The molecule has 0 aliphatic heterocycles. The number of hydrogen-bond donors (Lipinski definition) is 1. The molecule has 0 aliphatic rings. The van der Waals surface area contributed by atoms with Crippen molar-refractivity contribution >= 4 is 17.5 Å². The molecule has 2 amide bonds. The highest BCUT2D eigenvalue weighted by molar-refractivity contribution is 6.06. The van der Waals surface area contributed by atoms with Crippen LogP contribution < -0.4 is 5.32 Å².